The molecule has 0 radical (unpaired) electrons. The summed E-state index contributed by atoms with van der Waals surface area (Å²) >= 11 is 6.00. The first-order chi connectivity index (χ1) is 18.7. The summed E-state index contributed by atoms with van der Waals surface area (Å²) < 4.78 is 28.8. The largest absolute Gasteiger partial charge is 0.354 e. The van der Waals surface area contributed by atoms with Crippen LogP contribution in [0.15, 0.2) is 83.8 Å². The number of nitrogens with one attached hydrogen (secondary N) is 1. The number of hydrogen-bond acceptors (Lipinski definition) is 4. The molecule has 0 saturated carbocycles. The molecule has 39 heavy (non-hydrogen) atoms. The summed E-state index contributed by atoms with van der Waals surface area (Å²) in [4.78, 5) is 28.6. The van der Waals surface area contributed by atoms with Gasteiger partial charge in [-0.25, -0.2) is 8.42 Å². The molecule has 0 aliphatic heterocycles. The number of carbonyl (C=O) groups is 2. The van der Waals surface area contributed by atoms with Crippen LogP contribution in [0.3, 0.4) is 0 Å². The van der Waals surface area contributed by atoms with Crippen LogP contribution in [0.25, 0.3) is 0 Å². The minimum absolute atomic E-state index is 0.0183. The number of sulfonamides is 1. The number of hydrogen-bond donors (Lipinski definition) is 1. The molecule has 3 aromatic carbocycles. The van der Waals surface area contributed by atoms with Gasteiger partial charge in [-0.1, -0.05) is 67.9 Å². The van der Waals surface area contributed by atoms with E-state index in [0.29, 0.717) is 30.1 Å². The van der Waals surface area contributed by atoms with Crippen LogP contribution >= 0.6 is 11.6 Å². The van der Waals surface area contributed by atoms with Crippen molar-refractivity contribution >= 4 is 39.1 Å². The minimum atomic E-state index is -4.12. The van der Waals surface area contributed by atoms with E-state index in [1.54, 1.807) is 18.2 Å². The number of carbonyl (C=O) groups excluding carboxylic acids is 2. The molecule has 3 aromatic rings. The predicted molar refractivity (Wildman–Crippen MR) is 156 cm³/mol. The van der Waals surface area contributed by atoms with Crippen LogP contribution in [0, 0.1) is 6.92 Å². The first-order valence-electron chi connectivity index (χ1n) is 13.1. The van der Waals surface area contributed by atoms with Crippen molar-refractivity contribution in [2.45, 2.75) is 51.0 Å². The standard InChI is InChI=1S/C30H36ClN3O4S/c1-4-19-32-30(36)28(5-2)33(20-18-24-11-7-6-8-12-24)29(35)22-34(26-13-9-10-23(3)21-26)39(37,38)27-16-14-25(31)15-17-27/h6-17,21,28H,4-5,18-20,22H2,1-3H3,(H,32,36)/t28-/m0/s1. The molecule has 208 valence electrons. The van der Waals surface area contributed by atoms with Gasteiger partial charge in [-0.05, 0) is 73.7 Å². The summed E-state index contributed by atoms with van der Waals surface area (Å²) in [6.07, 6.45) is 1.68. The van der Waals surface area contributed by atoms with Crippen molar-refractivity contribution in [3.8, 4) is 0 Å². The van der Waals surface area contributed by atoms with Crippen molar-refractivity contribution in [3.05, 3.63) is 95.0 Å². The molecule has 0 aromatic heterocycles. The van der Waals surface area contributed by atoms with Crippen molar-refractivity contribution in [1.29, 1.82) is 0 Å². The molecule has 7 nitrogen and oxygen atoms in total. The van der Waals surface area contributed by atoms with Crippen molar-refractivity contribution in [2.24, 2.45) is 0 Å². The average molecular weight is 570 g/mol. The molecule has 0 aliphatic carbocycles. The number of nitrogens with zero attached hydrogens (tertiary/aromatic N) is 2. The lowest BCUT2D eigenvalue weighted by atomic mass is 10.1. The zero-order valence-corrected chi connectivity index (χ0v) is 24.2. The SMILES string of the molecule is CCCNC(=O)[C@H](CC)N(CCc1ccccc1)C(=O)CN(c1cccc(C)c1)S(=O)(=O)c1ccc(Cl)cc1. The van der Waals surface area contributed by atoms with Crippen LogP contribution in [-0.2, 0) is 26.0 Å². The maximum Gasteiger partial charge on any atom is 0.264 e. The van der Waals surface area contributed by atoms with Gasteiger partial charge >= 0.3 is 0 Å². The summed E-state index contributed by atoms with van der Waals surface area (Å²) in [6, 6.07) is 21.8. The maximum absolute atomic E-state index is 14.0. The van der Waals surface area contributed by atoms with Crippen molar-refractivity contribution in [3.63, 3.8) is 0 Å². The van der Waals surface area contributed by atoms with Crippen LogP contribution in [0.4, 0.5) is 5.69 Å². The van der Waals surface area contributed by atoms with E-state index in [0.717, 1.165) is 21.9 Å². The van der Waals surface area contributed by atoms with Crippen molar-refractivity contribution in [1.82, 2.24) is 10.2 Å². The molecule has 1 N–H and O–H groups in total. The average Bonchev–Trinajstić information content (AvgIpc) is 2.93. The second kappa shape index (κ2) is 14.1. The Morgan fingerprint density at radius 1 is 0.949 bits per heavy atom. The highest BCUT2D eigenvalue weighted by Crippen LogP contribution is 2.26. The van der Waals surface area contributed by atoms with Crippen molar-refractivity contribution in [2.75, 3.05) is 23.9 Å². The van der Waals surface area contributed by atoms with E-state index in [-0.39, 0.29) is 17.3 Å². The Labute approximate surface area is 236 Å². The number of amides is 2. The topological polar surface area (TPSA) is 86.8 Å². The molecular weight excluding hydrogens is 534 g/mol. The monoisotopic (exact) mass is 569 g/mol. The molecule has 0 spiro atoms. The fraction of sp³-hybridized carbons (Fsp3) is 0.333. The second-order valence-electron chi connectivity index (χ2n) is 9.34. The van der Waals surface area contributed by atoms with Crippen molar-refractivity contribution < 1.29 is 18.0 Å². The van der Waals surface area contributed by atoms with Gasteiger partial charge in [-0.3, -0.25) is 13.9 Å². The lowest BCUT2D eigenvalue weighted by molar-refractivity contribution is -0.139. The third-order valence-corrected chi connectivity index (χ3v) is 8.43. The van der Waals surface area contributed by atoms with Gasteiger partial charge in [-0.15, -0.1) is 0 Å². The number of benzene rings is 3. The Kier molecular flexibility index (Phi) is 10.9. The molecule has 1 atom stereocenters. The molecule has 3 rings (SSSR count). The van der Waals surface area contributed by atoms with E-state index >= 15 is 0 Å². The van der Waals surface area contributed by atoms with E-state index in [2.05, 4.69) is 5.32 Å². The lowest BCUT2D eigenvalue weighted by Crippen LogP contribution is -2.53. The highest BCUT2D eigenvalue weighted by molar-refractivity contribution is 7.92. The van der Waals surface area contributed by atoms with Gasteiger partial charge in [0.2, 0.25) is 11.8 Å². The molecule has 0 aliphatic rings. The fourth-order valence-corrected chi connectivity index (χ4v) is 5.84. The molecule has 0 heterocycles. The molecule has 2 amide bonds. The van der Waals surface area contributed by atoms with Crippen LogP contribution in [-0.4, -0.2) is 50.8 Å². The van der Waals surface area contributed by atoms with Gasteiger partial charge in [-0.2, -0.15) is 0 Å². The summed E-state index contributed by atoms with van der Waals surface area (Å²) in [5.41, 5.74) is 2.23. The maximum atomic E-state index is 14.0. The Morgan fingerprint density at radius 2 is 1.64 bits per heavy atom. The first-order valence-corrected chi connectivity index (χ1v) is 14.9. The number of aryl methyl sites for hydroxylation is 1. The third kappa shape index (κ3) is 8.07. The van der Waals surface area contributed by atoms with E-state index < -0.39 is 28.5 Å². The third-order valence-electron chi connectivity index (χ3n) is 6.39. The molecule has 0 fully saturated rings. The van der Waals surface area contributed by atoms with Gasteiger partial charge in [0.15, 0.2) is 0 Å². The zero-order chi connectivity index (χ0) is 28.4. The smallest absolute Gasteiger partial charge is 0.264 e. The van der Waals surface area contributed by atoms with E-state index in [9.17, 15) is 18.0 Å². The first kappa shape index (κ1) is 30.2. The highest BCUT2D eigenvalue weighted by atomic mass is 35.5. The lowest BCUT2D eigenvalue weighted by Gasteiger charge is -2.33. The van der Waals surface area contributed by atoms with Gasteiger partial charge in [0.05, 0.1) is 10.6 Å². The number of anilines is 1. The minimum Gasteiger partial charge on any atom is -0.354 e. The van der Waals surface area contributed by atoms with E-state index in [1.807, 2.05) is 57.2 Å². The Bertz CT molecular complexity index is 1350. The normalized spacial score (nSPS) is 12.0. The molecule has 0 unspecified atom stereocenters. The van der Waals surface area contributed by atoms with Crippen LogP contribution in [0.5, 0.6) is 0 Å². The van der Waals surface area contributed by atoms with Gasteiger partial charge in [0.25, 0.3) is 10.0 Å². The molecular formula is C30H36ClN3O4S. The van der Waals surface area contributed by atoms with E-state index in [1.165, 1.54) is 29.2 Å². The Morgan fingerprint density at radius 3 is 2.26 bits per heavy atom. The molecule has 9 heteroatoms. The fourth-order valence-electron chi connectivity index (χ4n) is 4.31. The molecule has 0 saturated heterocycles. The zero-order valence-electron chi connectivity index (χ0n) is 22.6. The Hall–Kier alpha value is -3.36. The summed E-state index contributed by atoms with van der Waals surface area (Å²) in [5.74, 6) is -0.702. The summed E-state index contributed by atoms with van der Waals surface area (Å²) in [6.45, 7) is 5.97. The second-order valence-corrected chi connectivity index (χ2v) is 11.6. The van der Waals surface area contributed by atoms with Crippen LogP contribution in [0.2, 0.25) is 5.02 Å². The van der Waals surface area contributed by atoms with Gasteiger partial charge in [0.1, 0.15) is 12.6 Å². The summed E-state index contributed by atoms with van der Waals surface area (Å²) in [5, 5.41) is 3.30. The predicted octanol–water partition coefficient (Wildman–Crippen LogP) is 5.22. The highest BCUT2D eigenvalue weighted by Gasteiger charge is 2.33. The van der Waals surface area contributed by atoms with Crippen LogP contribution in [0.1, 0.15) is 37.8 Å². The number of rotatable bonds is 13. The van der Waals surface area contributed by atoms with E-state index in [4.69, 9.17) is 11.6 Å². The summed E-state index contributed by atoms with van der Waals surface area (Å²) in [7, 11) is -4.12. The number of halogens is 1. The van der Waals surface area contributed by atoms with Gasteiger partial charge < -0.3 is 10.2 Å². The van der Waals surface area contributed by atoms with Crippen LogP contribution < -0.4 is 9.62 Å². The van der Waals surface area contributed by atoms with Gasteiger partial charge in [0, 0.05) is 18.1 Å². The molecule has 0 bridgehead atoms. The Balaban J connectivity index is 2.00. The quantitative estimate of drug-likeness (QED) is 0.306.